The minimum atomic E-state index is -0.484. The van der Waals surface area contributed by atoms with Crippen LogP contribution in [0.1, 0.15) is 45.8 Å². The number of ether oxygens (including phenoxy) is 2. The Kier molecular flexibility index (Phi) is 7.34. The molecule has 5 heteroatoms. The van der Waals surface area contributed by atoms with E-state index in [0.717, 1.165) is 50.5 Å². The Morgan fingerprint density at radius 2 is 1.67 bits per heavy atom. The summed E-state index contributed by atoms with van der Waals surface area (Å²) in [7, 11) is 0. The van der Waals surface area contributed by atoms with E-state index in [-0.39, 0.29) is 12.2 Å². The van der Waals surface area contributed by atoms with Crippen molar-refractivity contribution in [3.63, 3.8) is 0 Å². The molecule has 0 radical (unpaired) electrons. The molecule has 1 unspecified atom stereocenters. The maximum Gasteiger partial charge on any atom is 0.161 e. The summed E-state index contributed by atoms with van der Waals surface area (Å²) in [6.07, 6.45) is 0.393. The van der Waals surface area contributed by atoms with Gasteiger partial charge in [0.05, 0.1) is 18.3 Å². The molecular weight excluding hydrogens is 304 g/mol. The van der Waals surface area contributed by atoms with E-state index >= 15 is 0 Å². The second kappa shape index (κ2) is 9.25. The van der Waals surface area contributed by atoms with Crippen LogP contribution in [0.15, 0.2) is 18.2 Å². The van der Waals surface area contributed by atoms with Crippen molar-refractivity contribution in [1.82, 2.24) is 10.2 Å². The molecule has 1 fully saturated rings. The number of piperazine rings is 1. The van der Waals surface area contributed by atoms with Gasteiger partial charge in [0.1, 0.15) is 0 Å². The number of nitrogens with zero attached hydrogens (tertiary/aromatic N) is 1. The average molecular weight is 336 g/mol. The third kappa shape index (κ3) is 5.96. The van der Waals surface area contributed by atoms with Crippen LogP contribution in [-0.2, 0) is 0 Å². The van der Waals surface area contributed by atoms with Crippen LogP contribution < -0.4 is 14.8 Å². The van der Waals surface area contributed by atoms with Gasteiger partial charge in [-0.1, -0.05) is 6.07 Å². The van der Waals surface area contributed by atoms with Crippen LogP contribution in [0.2, 0.25) is 0 Å². The molecule has 0 spiro atoms. The molecule has 1 atom stereocenters. The van der Waals surface area contributed by atoms with E-state index in [9.17, 15) is 5.11 Å². The van der Waals surface area contributed by atoms with Crippen LogP contribution in [0.25, 0.3) is 0 Å². The van der Waals surface area contributed by atoms with Crippen molar-refractivity contribution in [3.05, 3.63) is 23.8 Å². The molecule has 1 aliphatic heterocycles. The minimum absolute atomic E-state index is 0.0627. The number of aliphatic hydroxyl groups excluding tert-OH is 1. The second-order valence-electron chi connectivity index (χ2n) is 6.94. The lowest BCUT2D eigenvalue weighted by molar-refractivity contribution is 0.135. The summed E-state index contributed by atoms with van der Waals surface area (Å²) in [6.45, 7) is 13.1. The van der Waals surface area contributed by atoms with Crippen LogP contribution in [0.5, 0.6) is 11.5 Å². The molecule has 24 heavy (non-hydrogen) atoms. The summed E-state index contributed by atoms with van der Waals surface area (Å²) in [5.74, 6) is 1.44. The van der Waals surface area contributed by atoms with E-state index in [2.05, 4.69) is 10.2 Å². The Labute approximate surface area is 146 Å². The van der Waals surface area contributed by atoms with E-state index < -0.39 is 6.10 Å². The maximum absolute atomic E-state index is 10.5. The van der Waals surface area contributed by atoms with Crippen molar-refractivity contribution in [3.8, 4) is 11.5 Å². The number of hydrogen-bond acceptors (Lipinski definition) is 5. The summed E-state index contributed by atoms with van der Waals surface area (Å²) >= 11 is 0. The smallest absolute Gasteiger partial charge is 0.161 e. The Bertz CT molecular complexity index is 499. The number of hydrogen-bond donors (Lipinski definition) is 2. The van der Waals surface area contributed by atoms with Crippen molar-refractivity contribution < 1.29 is 14.6 Å². The fraction of sp³-hybridized carbons (Fsp3) is 0.684. The number of rotatable bonds is 8. The first kappa shape index (κ1) is 19.0. The molecule has 1 aromatic carbocycles. The van der Waals surface area contributed by atoms with Gasteiger partial charge >= 0.3 is 0 Å². The van der Waals surface area contributed by atoms with Gasteiger partial charge in [-0.25, -0.2) is 0 Å². The van der Waals surface area contributed by atoms with Crippen LogP contribution in [-0.4, -0.2) is 54.9 Å². The quantitative estimate of drug-likeness (QED) is 0.764. The largest absolute Gasteiger partial charge is 0.487 e. The molecule has 0 aromatic heterocycles. The zero-order valence-corrected chi connectivity index (χ0v) is 15.4. The lowest BCUT2D eigenvalue weighted by atomic mass is 10.1. The molecule has 1 aromatic rings. The minimum Gasteiger partial charge on any atom is -0.487 e. The Balaban J connectivity index is 2.02. The van der Waals surface area contributed by atoms with Gasteiger partial charge < -0.3 is 24.8 Å². The normalized spacial score (nSPS) is 17.3. The Hall–Kier alpha value is -1.30. The van der Waals surface area contributed by atoms with Gasteiger partial charge in [-0.3, -0.25) is 0 Å². The van der Waals surface area contributed by atoms with E-state index in [1.54, 1.807) is 0 Å². The summed E-state index contributed by atoms with van der Waals surface area (Å²) in [5, 5.41) is 13.9. The molecule has 1 aliphatic rings. The van der Waals surface area contributed by atoms with Crippen molar-refractivity contribution in [2.24, 2.45) is 0 Å². The molecular formula is C19H32N2O3. The van der Waals surface area contributed by atoms with Crippen LogP contribution in [0.4, 0.5) is 0 Å². The molecule has 0 saturated carbocycles. The number of benzene rings is 1. The van der Waals surface area contributed by atoms with Gasteiger partial charge in [0.2, 0.25) is 0 Å². The van der Waals surface area contributed by atoms with Gasteiger partial charge in [-0.05, 0) is 51.8 Å². The number of aliphatic hydroxyl groups is 1. The molecule has 0 aliphatic carbocycles. The number of nitrogens with one attached hydrogen (secondary N) is 1. The van der Waals surface area contributed by atoms with E-state index in [4.69, 9.17) is 9.47 Å². The monoisotopic (exact) mass is 336 g/mol. The maximum atomic E-state index is 10.5. The van der Waals surface area contributed by atoms with Gasteiger partial charge in [-0.15, -0.1) is 0 Å². The van der Waals surface area contributed by atoms with Gasteiger partial charge in [-0.2, -0.15) is 0 Å². The first-order chi connectivity index (χ1) is 11.5. The molecule has 2 N–H and O–H groups in total. The second-order valence-corrected chi connectivity index (χ2v) is 6.94. The lowest BCUT2D eigenvalue weighted by Crippen LogP contribution is -2.44. The average Bonchev–Trinajstić information content (AvgIpc) is 2.54. The summed E-state index contributed by atoms with van der Waals surface area (Å²) in [4.78, 5) is 2.39. The fourth-order valence-corrected chi connectivity index (χ4v) is 2.84. The highest BCUT2D eigenvalue weighted by Gasteiger charge is 2.16. The highest BCUT2D eigenvalue weighted by atomic mass is 16.5. The summed E-state index contributed by atoms with van der Waals surface area (Å²) in [6, 6.07) is 5.76. The van der Waals surface area contributed by atoms with Crippen LogP contribution in [0.3, 0.4) is 0 Å². The highest BCUT2D eigenvalue weighted by Crippen LogP contribution is 2.33. The van der Waals surface area contributed by atoms with E-state index in [0.29, 0.717) is 5.75 Å². The SMILES string of the molecule is CC(C)Oc1ccc(C(O)CCN2CCNCC2)cc1OC(C)C. The zero-order chi connectivity index (χ0) is 17.5. The van der Waals surface area contributed by atoms with Crippen LogP contribution in [0, 0.1) is 0 Å². The predicted octanol–water partition coefficient (Wildman–Crippen LogP) is 2.59. The summed E-state index contributed by atoms with van der Waals surface area (Å²) < 4.78 is 11.7. The Morgan fingerprint density at radius 3 is 2.29 bits per heavy atom. The Morgan fingerprint density at radius 1 is 1.04 bits per heavy atom. The molecule has 136 valence electrons. The first-order valence-electron chi connectivity index (χ1n) is 9.04. The lowest BCUT2D eigenvalue weighted by Gasteiger charge is -2.28. The first-order valence-corrected chi connectivity index (χ1v) is 9.04. The standard InChI is InChI=1S/C19H32N2O3/c1-14(2)23-18-6-5-16(13-19(18)24-15(3)4)17(22)7-10-21-11-8-20-9-12-21/h5-6,13-15,17,20,22H,7-12H2,1-4H3. The van der Waals surface area contributed by atoms with Gasteiger partial charge in [0, 0.05) is 32.7 Å². The highest BCUT2D eigenvalue weighted by molar-refractivity contribution is 5.44. The van der Waals surface area contributed by atoms with Crippen LogP contribution >= 0.6 is 0 Å². The van der Waals surface area contributed by atoms with Crippen molar-refractivity contribution in [2.45, 2.75) is 52.4 Å². The molecule has 0 amide bonds. The van der Waals surface area contributed by atoms with E-state index in [1.165, 1.54) is 0 Å². The summed E-state index contributed by atoms with van der Waals surface area (Å²) in [5.41, 5.74) is 0.886. The molecule has 0 bridgehead atoms. The van der Waals surface area contributed by atoms with Gasteiger partial charge in [0.25, 0.3) is 0 Å². The fourth-order valence-electron chi connectivity index (χ4n) is 2.84. The molecule has 1 heterocycles. The van der Waals surface area contributed by atoms with E-state index in [1.807, 2.05) is 45.9 Å². The molecule has 2 rings (SSSR count). The zero-order valence-electron chi connectivity index (χ0n) is 15.4. The van der Waals surface area contributed by atoms with Gasteiger partial charge in [0.15, 0.2) is 11.5 Å². The van der Waals surface area contributed by atoms with Crippen molar-refractivity contribution in [1.29, 1.82) is 0 Å². The molecule has 5 nitrogen and oxygen atoms in total. The molecule has 1 saturated heterocycles. The van der Waals surface area contributed by atoms with Crippen molar-refractivity contribution in [2.75, 3.05) is 32.7 Å². The van der Waals surface area contributed by atoms with Crippen molar-refractivity contribution >= 4 is 0 Å². The third-order valence-electron chi connectivity index (χ3n) is 4.01. The predicted molar refractivity (Wildman–Crippen MR) is 96.9 cm³/mol. The topological polar surface area (TPSA) is 54.0 Å². The third-order valence-corrected chi connectivity index (χ3v) is 4.01.